The molecule has 158 valence electrons. The molecule has 3 aromatic carbocycles. The van der Waals surface area contributed by atoms with Gasteiger partial charge in [-0.05, 0) is 61.4 Å². The molecule has 0 unspecified atom stereocenters. The SMILES string of the molecule is Cc1cc(C(=O)n2c(=O)oc3ccccc32)c(C)cc1C(=O)n1c(=O)oc2ccccc21. The third-order valence-electron chi connectivity index (χ3n) is 5.41. The lowest BCUT2D eigenvalue weighted by molar-refractivity contribution is 0.0943. The number of carbonyl (C=O) groups excluding carboxylic acids is 2. The molecule has 0 amide bonds. The largest absolute Gasteiger partial charge is 0.427 e. The summed E-state index contributed by atoms with van der Waals surface area (Å²) in [7, 11) is 0. The average Bonchev–Trinajstić information content (AvgIpc) is 3.29. The lowest BCUT2D eigenvalue weighted by atomic mass is 9.98. The number of fused-ring (bicyclic) bond motifs is 2. The van der Waals surface area contributed by atoms with Crippen molar-refractivity contribution in [3.8, 4) is 0 Å². The van der Waals surface area contributed by atoms with Crippen molar-refractivity contribution in [2.75, 3.05) is 0 Å². The number of carbonyl (C=O) groups is 2. The van der Waals surface area contributed by atoms with Crippen molar-refractivity contribution < 1.29 is 18.4 Å². The van der Waals surface area contributed by atoms with E-state index in [2.05, 4.69) is 0 Å². The molecule has 32 heavy (non-hydrogen) atoms. The Bertz CT molecular complexity index is 1550. The molecular formula is C24H16N2O6. The van der Waals surface area contributed by atoms with Crippen LogP contribution in [0, 0.1) is 13.8 Å². The number of aromatic nitrogens is 2. The second-order valence-corrected chi connectivity index (χ2v) is 7.43. The van der Waals surface area contributed by atoms with E-state index in [1.165, 1.54) is 12.1 Å². The summed E-state index contributed by atoms with van der Waals surface area (Å²) in [6.07, 6.45) is 0. The molecule has 5 rings (SSSR count). The molecular weight excluding hydrogens is 412 g/mol. The Morgan fingerprint density at radius 3 is 1.44 bits per heavy atom. The molecule has 0 aliphatic carbocycles. The minimum Gasteiger partial charge on any atom is -0.407 e. The van der Waals surface area contributed by atoms with E-state index < -0.39 is 23.3 Å². The molecule has 0 aliphatic heterocycles. The van der Waals surface area contributed by atoms with Gasteiger partial charge in [-0.15, -0.1) is 0 Å². The lowest BCUT2D eigenvalue weighted by Crippen LogP contribution is -2.26. The highest BCUT2D eigenvalue weighted by molar-refractivity contribution is 6.05. The maximum atomic E-state index is 13.2. The van der Waals surface area contributed by atoms with E-state index in [1.807, 2.05) is 0 Å². The van der Waals surface area contributed by atoms with Crippen molar-refractivity contribution in [3.05, 3.63) is 104 Å². The zero-order valence-corrected chi connectivity index (χ0v) is 17.1. The number of hydrogen-bond donors (Lipinski definition) is 0. The van der Waals surface area contributed by atoms with Crippen LogP contribution in [0.4, 0.5) is 0 Å². The van der Waals surface area contributed by atoms with Crippen LogP contribution in [0.2, 0.25) is 0 Å². The number of nitrogens with zero attached hydrogens (tertiary/aromatic N) is 2. The van der Waals surface area contributed by atoms with E-state index in [9.17, 15) is 19.2 Å². The normalized spacial score (nSPS) is 11.3. The Kier molecular flexibility index (Phi) is 4.30. The molecule has 0 N–H and O–H groups in total. The monoisotopic (exact) mass is 428 g/mol. The Morgan fingerprint density at radius 1 is 0.656 bits per heavy atom. The van der Waals surface area contributed by atoms with Crippen LogP contribution in [0.3, 0.4) is 0 Å². The molecule has 0 saturated heterocycles. The molecule has 0 aliphatic rings. The molecule has 0 atom stereocenters. The van der Waals surface area contributed by atoms with Gasteiger partial charge in [-0.2, -0.15) is 0 Å². The van der Waals surface area contributed by atoms with Gasteiger partial charge >= 0.3 is 11.5 Å². The summed E-state index contributed by atoms with van der Waals surface area (Å²) in [5.41, 5.74) is 2.77. The summed E-state index contributed by atoms with van der Waals surface area (Å²) in [4.78, 5) is 51.0. The van der Waals surface area contributed by atoms with Gasteiger partial charge in [-0.1, -0.05) is 24.3 Å². The van der Waals surface area contributed by atoms with Crippen molar-refractivity contribution >= 4 is 34.0 Å². The molecule has 8 nitrogen and oxygen atoms in total. The fraction of sp³-hybridized carbons (Fsp3) is 0.0833. The minimum atomic E-state index is -0.787. The zero-order chi connectivity index (χ0) is 22.6. The molecule has 0 fully saturated rings. The maximum absolute atomic E-state index is 13.2. The van der Waals surface area contributed by atoms with Gasteiger partial charge in [0.15, 0.2) is 11.2 Å². The maximum Gasteiger partial charge on any atom is 0.427 e. The molecule has 5 aromatic rings. The highest BCUT2D eigenvalue weighted by atomic mass is 16.4. The summed E-state index contributed by atoms with van der Waals surface area (Å²) in [5, 5.41) is 0. The van der Waals surface area contributed by atoms with Crippen molar-refractivity contribution in [2.45, 2.75) is 13.8 Å². The smallest absolute Gasteiger partial charge is 0.407 e. The van der Waals surface area contributed by atoms with Gasteiger partial charge in [0.1, 0.15) is 0 Å². The van der Waals surface area contributed by atoms with E-state index in [0.717, 1.165) is 9.13 Å². The van der Waals surface area contributed by atoms with Crippen LogP contribution >= 0.6 is 0 Å². The van der Waals surface area contributed by atoms with Crippen molar-refractivity contribution in [3.63, 3.8) is 0 Å². The first-order valence-corrected chi connectivity index (χ1v) is 9.78. The molecule has 0 saturated carbocycles. The molecule has 8 heteroatoms. The highest BCUT2D eigenvalue weighted by Gasteiger charge is 2.23. The zero-order valence-electron chi connectivity index (χ0n) is 17.1. The van der Waals surface area contributed by atoms with Crippen LogP contribution in [0.1, 0.15) is 31.8 Å². The van der Waals surface area contributed by atoms with Crippen molar-refractivity contribution in [2.24, 2.45) is 0 Å². The van der Waals surface area contributed by atoms with Crippen LogP contribution in [-0.2, 0) is 0 Å². The first-order valence-electron chi connectivity index (χ1n) is 9.78. The van der Waals surface area contributed by atoms with Gasteiger partial charge in [-0.25, -0.2) is 18.7 Å². The van der Waals surface area contributed by atoms with Gasteiger partial charge in [0.05, 0.1) is 11.0 Å². The number of rotatable bonds is 2. The van der Waals surface area contributed by atoms with Crippen LogP contribution in [0.5, 0.6) is 0 Å². The first-order chi connectivity index (χ1) is 15.4. The second kappa shape index (κ2) is 7.05. The van der Waals surface area contributed by atoms with Crippen molar-refractivity contribution in [1.29, 1.82) is 0 Å². The van der Waals surface area contributed by atoms with Crippen LogP contribution < -0.4 is 11.5 Å². The fourth-order valence-electron chi connectivity index (χ4n) is 3.84. The Morgan fingerprint density at radius 2 is 1.03 bits per heavy atom. The van der Waals surface area contributed by atoms with E-state index in [-0.39, 0.29) is 11.1 Å². The predicted octanol–water partition coefficient (Wildman–Crippen LogP) is 3.50. The number of hydrogen-bond acceptors (Lipinski definition) is 6. The Labute approximate surface area is 179 Å². The quantitative estimate of drug-likeness (QED) is 0.426. The summed E-state index contributed by atoms with van der Waals surface area (Å²) in [6.45, 7) is 3.32. The highest BCUT2D eigenvalue weighted by Crippen LogP contribution is 2.22. The minimum absolute atomic E-state index is 0.247. The number of benzene rings is 3. The number of para-hydroxylation sites is 4. The lowest BCUT2D eigenvalue weighted by Gasteiger charge is -2.11. The molecule has 2 heterocycles. The Hall–Kier alpha value is -4.46. The van der Waals surface area contributed by atoms with Crippen LogP contribution in [0.15, 0.2) is 79.1 Å². The van der Waals surface area contributed by atoms with E-state index in [4.69, 9.17) is 8.83 Å². The summed E-state index contributed by atoms with van der Waals surface area (Å²) in [5.74, 6) is -2.70. The molecule has 0 bridgehead atoms. The van der Waals surface area contributed by atoms with Gasteiger partial charge in [0, 0.05) is 11.1 Å². The van der Waals surface area contributed by atoms with Gasteiger partial charge in [0.2, 0.25) is 0 Å². The molecule has 0 radical (unpaired) electrons. The average molecular weight is 428 g/mol. The van der Waals surface area contributed by atoms with Crippen molar-refractivity contribution in [1.82, 2.24) is 9.13 Å². The van der Waals surface area contributed by atoms with E-state index >= 15 is 0 Å². The molecule has 0 spiro atoms. The number of oxazole rings is 2. The van der Waals surface area contributed by atoms with Gasteiger partial charge < -0.3 is 8.83 Å². The summed E-state index contributed by atoms with van der Waals surface area (Å²) < 4.78 is 12.3. The van der Waals surface area contributed by atoms with Gasteiger partial charge in [-0.3, -0.25) is 9.59 Å². The summed E-state index contributed by atoms with van der Waals surface area (Å²) in [6, 6.07) is 16.3. The third-order valence-corrected chi connectivity index (χ3v) is 5.41. The number of aryl methyl sites for hydroxylation is 2. The standard InChI is InChI=1S/C24H16N2O6/c1-13-11-16(22(28)26-18-8-4-6-10-20(18)32-24(26)30)14(2)12-15(13)21(27)25-17-7-3-5-9-19(17)31-23(25)29/h3-12H,1-2H3. The second-order valence-electron chi connectivity index (χ2n) is 7.43. The van der Waals surface area contributed by atoms with Crippen LogP contribution in [0.25, 0.3) is 22.2 Å². The van der Waals surface area contributed by atoms with Gasteiger partial charge in [0.25, 0.3) is 11.8 Å². The third kappa shape index (κ3) is 2.84. The first kappa shape index (κ1) is 19.5. The van der Waals surface area contributed by atoms with E-state index in [0.29, 0.717) is 33.3 Å². The molecule has 2 aromatic heterocycles. The van der Waals surface area contributed by atoms with Crippen LogP contribution in [-0.4, -0.2) is 20.9 Å². The predicted molar refractivity (Wildman–Crippen MR) is 116 cm³/mol. The summed E-state index contributed by atoms with van der Waals surface area (Å²) >= 11 is 0. The van der Waals surface area contributed by atoms with E-state index in [1.54, 1.807) is 62.4 Å². The Balaban J connectivity index is 1.62. The fourth-order valence-corrected chi connectivity index (χ4v) is 3.84. The topological polar surface area (TPSA) is 104 Å².